The molecule has 9 nitrogen and oxygen atoms in total. The minimum absolute atomic E-state index is 0.158. The van der Waals surface area contributed by atoms with Gasteiger partial charge in [-0.25, -0.2) is 5.84 Å². The average Bonchev–Trinajstić information content (AvgIpc) is 2.77. The fourth-order valence-electron chi connectivity index (χ4n) is 3.45. The number of likely N-dealkylation sites (N-methyl/N-ethyl adjacent to an activating group) is 1. The summed E-state index contributed by atoms with van der Waals surface area (Å²) in [6.07, 6.45) is 3.63. The molecule has 180 valence electrons. The molecule has 0 radical (unpaired) electrons. The molecule has 1 fully saturated rings. The number of nitrogens with one attached hydrogen (secondary N) is 1. The van der Waals surface area contributed by atoms with Crippen molar-refractivity contribution in [1.82, 2.24) is 20.2 Å². The number of piperidine rings is 1. The van der Waals surface area contributed by atoms with Crippen LogP contribution < -0.4 is 16.9 Å². The van der Waals surface area contributed by atoms with Gasteiger partial charge >= 0.3 is 0 Å². The van der Waals surface area contributed by atoms with Crippen LogP contribution in [0.2, 0.25) is 0 Å². The molecule has 1 aliphatic rings. The average molecular weight is 449 g/mol. The topological polar surface area (TPSA) is 130 Å². The third kappa shape index (κ3) is 8.86. The zero-order valence-corrected chi connectivity index (χ0v) is 19.9. The number of aryl methyl sites for hydroxylation is 1. The second-order valence-electron chi connectivity index (χ2n) is 7.94. The van der Waals surface area contributed by atoms with E-state index in [-0.39, 0.29) is 11.7 Å². The van der Waals surface area contributed by atoms with Crippen molar-refractivity contribution in [2.75, 3.05) is 40.4 Å². The lowest BCUT2D eigenvalue weighted by Gasteiger charge is -2.32. The number of rotatable bonds is 10. The van der Waals surface area contributed by atoms with Crippen molar-refractivity contribution in [1.29, 1.82) is 0 Å². The highest BCUT2D eigenvalue weighted by atomic mass is 16.5. The van der Waals surface area contributed by atoms with Gasteiger partial charge in [-0.05, 0) is 44.4 Å². The van der Waals surface area contributed by atoms with Crippen molar-refractivity contribution in [2.24, 2.45) is 17.5 Å². The predicted octanol–water partition coefficient (Wildman–Crippen LogP) is 1.90. The van der Waals surface area contributed by atoms with E-state index in [4.69, 9.17) is 26.1 Å². The normalized spacial score (nSPS) is 17.0. The molecule has 0 bridgehead atoms. The van der Waals surface area contributed by atoms with Crippen LogP contribution in [0.1, 0.15) is 43.1 Å². The molecule has 32 heavy (non-hydrogen) atoms. The van der Waals surface area contributed by atoms with Crippen LogP contribution in [-0.2, 0) is 16.1 Å². The highest BCUT2D eigenvalue weighted by molar-refractivity contribution is 5.63. The van der Waals surface area contributed by atoms with Gasteiger partial charge in [0.25, 0.3) is 0 Å². The zero-order valence-electron chi connectivity index (χ0n) is 19.9. The minimum Gasteiger partial charge on any atom is -0.513 e. The van der Waals surface area contributed by atoms with Crippen LogP contribution in [0.4, 0.5) is 0 Å². The van der Waals surface area contributed by atoms with Crippen molar-refractivity contribution < 1.29 is 14.6 Å². The summed E-state index contributed by atoms with van der Waals surface area (Å²) in [5.41, 5.74) is 10.4. The molecule has 0 aromatic carbocycles. The number of pyridine rings is 1. The number of carbonyl (C=O) groups is 1. The number of hydrogen-bond donors (Lipinski definition) is 4. The molecule has 0 saturated carbocycles. The Hall–Kier alpha value is -2.62. The number of nitrogens with zero attached hydrogens (tertiary/aromatic N) is 3. The third-order valence-corrected chi connectivity index (χ3v) is 5.28. The van der Waals surface area contributed by atoms with Gasteiger partial charge in [-0.15, -0.1) is 0 Å². The lowest BCUT2D eigenvalue weighted by Crippen LogP contribution is -2.35. The number of aliphatic hydroxyl groups excluding tert-OH is 1. The van der Waals surface area contributed by atoms with Gasteiger partial charge in [-0.1, -0.05) is 19.6 Å². The summed E-state index contributed by atoms with van der Waals surface area (Å²) in [5, 5.41) is 13.5. The molecular weight excluding hydrogens is 408 g/mol. The Bertz CT molecular complexity index is 766. The lowest BCUT2D eigenvalue weighted by molar-refractivity contribution is -0.109. The van der Waals surface area contributed by atoms with Crippen LogP contribution in [-0.4, -0.2) is 66.8 Å². The number of aliphatic hydroxyl groups is 1. The van der Waals surface area contributed by atoms with Crippen LogP contribution in [0.25, 0.3) is 5.70 Å². The number of hydrogen-bond acceptors (Lipinski definition) is 8. The van der Waals surface area contributed by atoms with Gasteiger partial charge < -0.3 is 25.9 Å². The maximum absolute atomic E-state index is 9.71. The van der Waals surface area contributed by atoms with Crippen LogP contribution >= 0.6 is 0 Å². The zero-order chi connectivity index (χ0) is 24.1. The lowest BCUT2D eigenvalue weighted by atomic mass is 9.96. The Labute approximate surface area is 192 Å². The minimum atomic E-state index is 0.158. The second kappa shape index (κ2) is 14.4. The maximum atomic E-state index is 9.71. The Kier molecular flexibility index (Phi) is 12.4. The fraction of sp³-hybridized carbons (Fsp3) is 0.565. The molecule has 1 aromatic rings. The number of ether oxygens (including phenoxy) is 1. The summed E-state index contributed by atoms with van der Waals surface area (Å²) in [6.45, 7) is 11.4. The summed E-state index contributed by atoms with van der Waals surface area (Å²) in [5.74, 6) is 6.39. The van der Waals surface area contributed by atoms with Gasteiger partial charge in [0.2, 0.25) is 6.41 Å². The largest absolute Gasteiger partial charge is 0.513 e. The maximum Gasteiger partial charge on any atom is 0.206 e. The van der Waals surface area contributed by atoms with E-state index in [1.54, 1.807) is 14.1 Å². The van der Waals surface area contributed by atoms with E-state index in [9.17, 15) is 5.11 Å². The summed E-state index contributed by atoms with van der Waals surface area (Å²) >= 11 is 0. The molecule has 6 N–H and O–H groups in total. The van der Waals surface area contributed by atoms with E-state index < -0.39 is 0 Å². The molecule has 1 aliphatic heterocycles. The SMILES string of the molecule is C=C(O)C1CCCN(Cc2ccc(/C(N)=C(\COCCC)N(C)N)nc2C)C1.CNC=O. The molecule has 9 heteroatoms. The van der Waals surface area contributed by atoms with Gasteiger partial charge in [-0.2, -0.15) is 0 Å². The van der Waals surface area contributed by atoms with Crippen molar-refractivity contribution in [3.05, 3.63) is 47.1 Å². The molecular formula is C23H40N6O3. The standard InChI is InChI=1S/C21H35N5O2.C2H5NO/c1-5-11-28-14-20(25(4)23)21(22)19-9-8-17(15(2)24-19)12-26-10-6-7-18(13-26)16(3)27;1-3-2-4/h8-9,18,27H,3,5-7,10-14,22-23H2,1-2,4H3;2H,1H3,(H,3,4)/b21-20-;. The third-order valence-electron chi connectivity index (χ3n) is 5.28. The number of amides is 1. The number of aromatic nitrogens is 1. The van der Waals surface area contributed by atoms with Gasteiger partial charge in [-0.3, -0.25) is 14.7 Å². The van der Waals surface area contributed by atoms with E-state index in [2.05, 4.69) is 29.8 Å². The quantitative estimate of drug-likeness (QED) is 0.140. The van der Waals surface area contributed by atoms with Gasteiger partial charge in [0, 0.05) is 45.4 Å². The van der Waals surface area contributed by atoms with Crippen molar-refractivity contribution in [3.8, 4) is 0 Å². The first-order chi connectivity index (χ1) is 15.2. The van der Waals surface area contributed by atoms with E-state index in [0.717, 1.165) is 50.2 Å². The molecule has 1 unspecified atom stereocenters. The molecule has 2 heterocycles. The summed E-state index contributed by atoms with van der Waals surface area (Å²) in [7, 11) is 3.31. The highest BCUT2D eigenvalue weighted by Gasteiger charge is 2.22. The second-order valence-corrected chi connectivity index (χ2v) is 7.94. The Morgan fingerprint density at radius 3 is 2.72 bits per heavy atom. The van der Waals surface area contributed by atoms with E-state index >= 15 is 0 Å². The van der Waals surface area contributed by atoms with Crippen LogP contribution in [0, 0.1) is 12.8 Å². The molecule has 1 saturated heterocycles. The van der Waals surface area contributed by atoms with Gasteiger partial charge in [0.1, 0.15) is 0 Å². The number of hydrazine groups is 1. The van der Waals surface area contributed by atoms with E-state index in [1.807, 2.05) is 13.0 Å². The smallest absolute Gasteiger partial charge is 0.206 e. The Balaban J connectivity index is 0.00000118. The molecule has 1 atom stereocenters. The molecule has 2 rings (SSSR count). The van der Waals surface area contributed by atoms with Crippen molar-refractivity contribution in [3.63, 3.8) is 0 Å². The van der Waals surface area contributed by atoms with Crippen LogP contribution in [0.15, 0.2) is 30.2 Å². The first-order valence-corrected chi connectivity index (χ1v) is 11.0. The van der Waals surface area contributed by atoms with E-state index in [0.29, 0.717) is 36.7 Å². The molecule has 1 aromatic heterocycles. The van der Waals surface area contributed by atoms with Crippen molar-refractivity contribution >= 4 is 12.1 Å². The highest BCUT2D eigenvalue weighted by Crippen LogP contribution is 2.23. The van der Waals surface area contributed by atoms with Crippen LogP contribution in [0.5, 0.6) is 0 Å². The number of nitrogens with two attached hydrogens (primary N) is 2. The number of likely N-dealkylation sites (tertiary alicyclic amines) is 1. The van der Waals surface area contributed by atoms with Gasteiger partial charge in [0.15, 0.2) is 0 Å². The molecule has 1 amide bonds. The van der Waals surface area contributed by atoms with Crippen LogP contribution in [0.3, 0.4) is 0 Å². The Morgan fingerprint density at radius 1 is 1.50 bits per heavy atom. The first-order valence-electron chi connectivity index (χ1n) is 11.0. The number of carbonyl (C=O) groups excluding carboxylic acids is 1. The first kappa shape index (κ1) is 27.4. The predicted molar refractivity (Wildman–Crippen MR) is 128 cm³/mol. The summed E-state index contributed by atoms with van der Waals surface area (Å²) < 4.78 is 5.61. The van der Waals surface area contributed by atoms with Gasteiger partial charge in [0.05, 0.1) is 29.5 Å². The monoisotopic (exact) mass is 448 g/mol. The summed E-state index contributed by atoms with van der Waals surface area (Å²) in [4.78, 5) is 16.1. The fourth-order valence-corrected chi connectivity index (χ4v) is 3.45. The Morgan fingerprint density at radius 2 is 2.19 bits per heavy atom. The molecule has 0 aliphatic carbocycles. The van der Waals surface area contributed by atoms with E-state index in [1.165, 1.54) is 5.01 Å². The molecule has 0 spiro atoms. The summed E-state index contributed by atoms with van der Waals surface area (Å²) in [6, 6.07) is 4.01. The van der Waals surface area contributed by atoms with Crippen molar-refractivity contribution in [2.45, 2.75) is 39.7 Å².